The van der Waals surface area contributed by atoms with E-state index < -0.39 is 0 Å². The van der Waals surface area contributed by atoms with Gasteiger partial charge in [0, 0.05) is 23.5 Å². The van der Waals surface area contributed by atoms with Gasteiger partial charge < -0.3 is 26.7 Å². The zero-order valence-electron chi connectivity index (χ0n) is 14.3. The molecule has 0 atom stereocenters. The molecule has 4 rings (SSSR count). The lowest BCUT2D eigenvalue weighted by Crippen LogP contribution is -3.00. The number of aromatic nitrogens is 2. The van der Waals surface area contributed by atoms with Gasteiger partial charge in [-0.05, 0) is 11.2 Å². The number of halogens is 1. The van der Waals surface area contributed by atoms with Gasteiger partial charge in [0.25, 0.3) is 0 Å². The van der Waals surface area contributed by atoms with Crippen molar-refractivity contribution in [3.05, 3.63) is 60.8 Å². The topological polar surface area (TPSA) is 54.7 Å². The third-order valence-electron chi connectivity index (χ3n) is 3.97. The van der Waals surface area contributed by atoms with Gasteiger partial charge in [-0.3, -0.25) is 0 Å². The summed E-state index contributed by atoms with van der Waals surface area (Å²) in [6.45, 7) is 0. The molecule has 26 heavy (non-hydrogen) atoms. The lowest BCUT2D eigenvalue weighted by molar-refractivity contribution is -0.00000528. The van der Waals surface area contributed by atoms with Crippen molar-refractivity contribution in [2.75, 3.05) is 7.11 Å². The van der Waals surface area contributed by atoms with E-state index >= 15 is 0 Å². The Kier molecular flexibility index (Phi) is 5.49. The lowest BCUT2D eigenvalue weighted by Gasteiger charge is -1.99. The molecule has 0 aliphatic heterocycles. The maximum absolute atomic E-state index is 5.27. The number of para-hydroxylation sites is 1. The van der Waals surface area contributed by atoms with Crippen molar-refractivity contribution >= 4 is 33.1 Å². The molecule has 0 aliphatic carbocycles. The standard InChI is InChI=1S/C19H17N4OS.BrH/c1-23-12-16(24-2)25-19(23)22-21-18-14-10-6-7-11-15(14)20-17(18)13-8-4-3-5-9-13;/h3-12,20H,1-2H3;1H/q+1;/p-1. The first-order valence-corrected chi connectivity index (χ1v) is 8.69. The smallest absolute Gasteiger partial charge is 0.345 e. The van der Waals surface area contributed by atoms with Crippen LogP contribution in [0.2, 0.25) is 0 Å². The van der Waals surface area contributed by atoms with Crippen LogP contribution in [0.25, 0.3) is 22.2 Å². The van der Waals surface area contributed by atoms with Gasteiger partial charge in [0.1, 0.15) is 5.69 Å². The molecule has 0 saturated heterocycles. The van der Waals surface area contributed by atoms with Crippen LogP contribution in [0, 0.1) is 0 Å². The quantitative estimate of drug-likeness (QED) is 0.394. The van der Waals surface area contributed by atoms with Crippen LogP contribution >= 0.6 is 11.3 Å². The van der Waals surface area contributed by atoms with Gasteiger partial charge in [-0.15, -0.1) is 5.11 Å². The number of azo groups is 1. The van der Waals surface area contributed by atoms with Gasteiger partial charge in [0.2, 0.25) is 6.20 Å². The Bertz CT molecular complexity index is 1060. The number of rotatable bonds is 4. The van der Waals surface area contributed by atoms with E-state index in [1.54, 1.807) is 7.11 Å². The first-order valence-electron chi connectivity index (χ1n) is 7.87. The van der Waals surface area contributed by atoms with Crippen LogP contribution < -0.4 is 21.7 Å². The Labute approximate surface area is 165 Å². The number of thiazole rings is 1. The Morgan fingerprint density at radius 1 is 1.08 bits per heavy atom. The summed E-state index contributed by atoms with van der Waals surface area (Å²) < 4.78 is 7.17. The summed E-state index contributed by atoms with van der Waals surface area (Å²) in [6.07, 6.45) is 1.90. The van der Waals surface area contributed by atoms with Crippen LogP contribution in [0.15, 0.2) is 71.0 Å². The van der Waals surface area contributed by atoms with Gasteiger partial charge in [0.15, 0.2) is 0 Å². The second-order valence-electron chi connectivity index (χ2n) is 5.61. The Morgan fingerprint density at radius 2 is 1.81 bits per heavy atom. The number of H-pyrrole nitrogens is 1. The van der Waals surface area contributed by atoms with Crippen LogP contribution in [-0.2, 0) is 7.05 Å². The maximum atomic E-state index is 5.27. The van der Waals surface area contributed by atoms with Gasteiger partial charge in [-0.2, -0.15) is 0 Å². The highest BCUT2D eigenvalue weighted by atomic mass is 79.9. The highest BCUT2D eigenvalue weighted by Gasteiger charge is 2.16. The molecule has 0 unspecified atom stereocenters. The molecule has 0 bridgehead atoms. The largest absolute Gasteiger partial charge is 1.00 e. The van der Waals surface area contributed by atoms with Crippen molar-refractivity contribution in [3.8, 4) is 16.3 Å². The normalized spacial score (nSPS) is 11.0. The van der Waals surface area contributed by atoms with E-state index in [1.165, 1.54) is 11.3 Å². The highest BCUT2D eigenvalue weighted by Crippen LogP contribution is 2.39. The molecule has 2 heterocycles. The fraction of sp³-hybridized carbons (Fsp3) is 0.105. The zero-order chi connectivity index (χ0) is 17.2. The third-order valence-corrected chi connectivity index (χ3v) is 5.00. The minimum Gasteiger partial charge on any atom is -1.00 e. The summed E-state index contributed by atoms with van der Waals surface area (Å²) in [4.78, 5) is 3.47. The first kappa shape index (κ1) is 18.3. The monoisotopic (exact) mass is 428 g/mol. The number of hydrogen-bond donors (Lipinski definition) is 1. The summed E-state index contributed by atoms with van der Waals surface area (Å²) in [7, 11) is 3.58. The van der Waals surface area contributed by atoms with Crippen LogP contribution in [0.3, 0.4) is 0 Å². The molecule has 7 heteroatoms. The summed E-state index contributed by atoms with van der Waals surface area (Å²) in [5, 5.41) is 11.7. The second-order valence-corrected chi connectivity index (χ2v) is 6.58. The summed E-state index contributed by atoms with van der Waals surface area (Å²) in [6, 6.07) is 18.3. The van der Waals surface area contributed by atoms with Crippen LogP contribution in [0.1, 0.15) is 0 Å². The van der Waals surface area contributed by atoms with Crippen molar-refractivity contribution in [1.82, 2.24) is 9.55 Å². The van der Waals surface area contributed by atoms with E-state index in [2.05, 4.69) is 39.5 Å². The van der Waals surface area contributed by atoms with Crippen molar-refractivity contribution in [3.63, 3.8) is 0 Å². The van der Waals surface area contributed by atoms with Crippen LogP contribution in [0.5, 0.6) is 5.06 Å². The first-order chi connectivity index (χ1) is 12.3. The molecule has 2 aromatic carbocycles. The molecule has 0 radical (unpaired) electrons. The molecule has 0 saturated carbocycles. The molecule has 0 aliphatic rings. The Morgan fingerprint density at radius 3 is 2.54 bits per heavy atom. The van der Waals surface area contributed by atoms with Crippen molar-refractivity contribution in [1.29, 1.82) is 0 Å². The van der Waals surface area contributed by atoms with E-state index in [4.69, 9.17) is 4.74 Å². The van der Waals surface area contributed by atoms with Gasteiger partial charge >= 0.3 is 10.2 Å². The molecule has 0 spiro atoms. The number of benzene rings is 2. The third kappa shape index (κ3) is 3.40. The summed E-state index contributed by atoms with van der Waals surface area (Å²) >= 11 is 1.46. The molecule has 4 aromatic rings. The molecule has 5 nitrogen and oxygen atoms in total. The van der Waals surface area contributed by atoms with Gasteiger partial charge in [-0.1, -0.05) is 48.5 Å². The van der Waals surface area contributed by atoms with Crippen molar-refractivity contribution in [2.24, 2.45) is 17.3 Å². The number of aryl methyl sites for hydroxylation is 1. The predicted molar refractivity (Wildman–Crippen MR) is 102 cm³/mol. The Balaban J connectivity index is 0.00000196. The van der Waals surface area contributed by atoms with Gasteiger partial charge in [0.05, 0.1) is 24.1 Å². The Hall–Kier alpha value is -2.51. The van der Waals surface area contributed by atoms with E-state index in [9.17, 15) is 0 Å². The van der Waals surface area contributed by atoms with Crippen molar-refractivity contribution < 1.29 is 21.7 Å². The predicted octanol–water partition coefficient (Wildman–Crippen LogP) is 2.94. The molecular formula is C19H17BrN4OS. The average Bonchev–Trinajstić information content (AvgIpc) is 3.21. The molecule has 132 valence electrons. The molecule has 1 N–H and O–H groups in total. The van der Waals surface area contributed by atoms with Crippen LogP contribution in [0.4, 0.5) is 10.8 Å². The van der Waals surface area contributed by atoms with Gasteiger partial charge in [-0.25, -0.2) is 4.57 Å². The zero-order valence-corrected chi connectivity index (χ0v) is 16.7. The number of methoxy groups -OCH3 is 1. The number of fused-ring (bicyclic) bond motifs is 1. The number of nitrogens with zero attached hydrogens (tertiary/aromatic N) is 3. The fourth-order valence-electron chi connectivity index (χ4n) is 2.72. The summed E-state index contributed by atoms with van der Waals surface area (Å²) in [5.74, 6) is 0. The maximum Gasteiger partial charge on any atom is 0.345 e. The highest BCUT2D eigenvalue weighted by molar-refractivity contribution is 7.17. The van der Waals surface area contributed by atoms with E-state index in [0.717, 1.165) is 38.0 Å². The minimum atomic E-state index is 0. The minimum absolute atomic E-state index is 0. The van der Waals surface area contributed by atoms with Crippen molar-refractivity contribution in [2.45, 2.75) is 0 Å². The number of nitrogens with one attached hydrogen (secondary N) is 1. The molecular weight excluding hydrogens is 412 g/mol. The lowest BCUT2D eigenvalue weighted by atomic mass is 10.1. The summed E-state index contributed by atoms with van der Waals surface area (Å²) in [5.41, 5.74) is 3.94. The molecule has 2 aromatic heterocycles. The molecule has 0 fully saturated rings. The molecule has 0 amide bonds. The second kappa shape index (κ2) is 7.80. The number of ether oxygens (including phenoxy) is 1. The number of hydrogen-bond acceptors (Lipinski definition) is 4. The van der Waals surface area contributed by atoms with E-state index in [1.807, 2.05) is 48.1 Å². The fourth-order valence-corrected chi connectivity index (χ4v) is 3.48. The van der Waals surface area contributed by atoms with E-state index in [0.29, 0.717) is 0 Å². The number of aromatic amines is 1. The van der Waals surface area contributed by atoms with Crippen LogP contribution in [-0.4, -0.2) is 16.7 Å². The average molecular weight is 429 g/mol. The van der Waals surface area contributed by atoms with E-state index in [-0.39, 0.29) is 17.0 Å². The SMILES string of the molecule is COc1cn(C)[c+](N=Nc2c(-c3ccccc3)[nH]c3ccccc23)s1.[Br-].